The van der Waals surface area contributed by atoms with E-state index in [1.54, 1.807) is 17.1 Å². The number of amides is 1. The van der Waals surface area contributed by atoms with Gasteiger partial charge in [0.25, 0.3) is 5.91 Å². The fourth-order valence-electron chi connectivity index (χ4n) is 3.05. The van der Waals surface area contributed by atoms with Crippen molar-refractivity contribution in [3.63, 3.8) is 0 Å². The minimum Gasteiger partial charge on any atom is -0.399 e. The first-order chi connectivity index (χ1) is 12.7. The van der Waals surface area contributed by atoms with Crippen LogP contribution in [0.2, 0.25) is 0 Å². The van der Waals surface area contributed by atoms with Gasteiger partial charge in [-0.1, -0.05) is 0 Å². The molecule has 0 spiro atoms. The molecule has 1 amide bonds. The first kappa shape index (κ1) is 17.0. The molecule has 3 heterocycles. The van der Waals surface area contributed by atoms with Crippen LogP contribution in [-0.4, -0.2) is 36.2 Å². The number of nitrogens with zero attached hydrogens (tertiary/aromatic N) is 4. The topological polar surface area (TPSA) is 115 Å². The number of nitrogens with two attached hydrogens (primary N) is 1. The molecule has 0 aliphatic rings. The number of nitrogens with one attached hydrogen (secondary N) is 2. The average molecular weight is 363 g/mol. The predicted molar refractivity (Wildman–Crippen MR) is 105 cm³/mol. The van der Waals surface area contributed by atoms with Crippen LogP contribution in [0.15, 0.2) is 30.6 Å². The van der Waals surface area contributed by atoms with Crippen LogP contribution in [0, 0.1) is 0 Å². The number of carbonyl (C=O) groups excluding carboxylic acids is 1. The van der Waals surface area contributed by atoms with Gasteiger partial charge >= 0.3 is 0 Å². The summed E-state index contributed by atoms with van der Waals surface area (Å²) in [5.74, 6) is -0.196. The standard InChI is InChI=1S/C19H21N7O/c1-19(2,3)24-18(27)12-8-21-17-16(12)23-13(9-22-17)15-11-6-5-10(20)7-14(11)26(4)25-15/h5-9H,20H2,1-4H3,(H,21,22)(H,24,27). The fourth-order valence-corrected chi connectivity index (χ4v) is 3.05. The van der Waals surface area contributed by atoms with Crippen LogP contribution in [-0.2, 0) is 7.05 Å². The van der Waals surface area contributed by atoms with Gasteiger partial charge in [-0.3, -0.25) is 9.48 Å². The van der Waals surface area contributed by atoms with E-state index in [-0.39, 0.29) is 11.4 Å². The normalized spacial score (nSPS) is 12.0. The summed E-state index contributed by atoms with van der Waals surface area (Å²) in [6.45, 7) is 5.80. The Balaban J connectivity index is 1.85. The Labute approximate surface area is 155 Å². The van der Waals surface area contributed by atoms with Crippen molar-refractivity contribution in [3.05, 3.63) is 36.2 Å². The summed E-state index contributed by atoms with van der Waals surface area (Å²) in [5.41, 5.74) is 9.95. The van der Waals surface area contributed by atoms with E-state index in [1.165, 1.54) is 0 Å². The summed E-state index contributed by atoms with van der Waals surface area (Å²) < 4.78 is 1.76. The molecule has 27 heavy (non-hydrogen) atoms. The number of aryl methyl sites for hydroxylation is 1. The van der Waals surface area contributed by atoms with Crippen LogP contribution in [0.5, 0.6) is 0 Å². The van der Waals surface area contributed by atoms with Crippen LogP contribution in [0.25, 0.3) is 33.5 Å². The fraction of sp³-hybridized carbons (Fsp3) is 0.263. The first-order valence-electron chi connectivity index (χ1n) is 8.62. The van der Waals surface area contributed by atoms with Crippen LogP contribution in [0.1, 0.15) is 31.1 Å². The quantitative estimate of drug-likeness (QED) is 0.474. The van der Waals surface area contributed by atoms with E-state index in [0.717, 1.165) is 10.9 Å². The number of anilines is 1. The molecular formula is C19H21N7O. The molecule has 8 heteroatoms. The highest BCUT2D eigenvalue weighted by molar-refractivity contribution is 6.05. The monoisotopic (exact) mass is 363 g/mol. The highest BCUT2D eigenvalue weighted by Gasteiger charge is 2.21. The van der Waals surface area contributed by atoms with Gasteiger partial charge in [-0.25, -0.2) is 9.97 Å². The minimum atomic E-state index is -0.344. The Morgan fingerprint density at radius 3 is 2.81 bits per heavy atom. The maximum absolute atomic E-state index is 12.6. The molecule has 1 aromatic carbocycles. The van der Waals surface area contributed by atoms with Crippen molar-refractivity contribution in [2.75, 3.05) is 5.73 Å². The molecular weight excluding hydrogens is 342 g/mol. The molecule has 0 atom stereocenters. The van der Waals surface area contributed by atoms with Gasteiger partial charge in [-0.15, -0.1) is 0 Å². The highest BCUT2D eigenvalue weighted by atomic mass is 16.1. The van der Waals surface area contributed by atoms with Crippen LogP contribution >= 0.6 is 0 Å². The lowest BCUT2D eigenvalue weighted by molar-refractivity contribution is 0.0921. The van der Waals surface area contributed by atoms with E-state index >= 15 is 0 Å². The van der Waals surface area contributed by atoms with Crippen molar-refractivity contribution in [1.82, 2.24) is 30.0 Å². The third-order valence-corrected chi connectivity index (χ3v) is 4.23. The molecule has 8 nitrogen and oxygen atoms in total. The van der Waals surface area contributed by atoms with Gasteiger partial charge in [-0.2, -0.15) is 5.10 Å². The van der Waals surface area contributed by atoms with Crippen molar-refractivity contribution in [1.29, 1.82) is 0 Å². The van der Waals surface area contributed by atoms with Gasteiger partial charge < -0.3 is 16.0 Å². The zero-order valence-electron chi connectivity index (χ0n) is 15.7. The molecule has 0 aliphatic heterocycles. The van der Waals surface area contributed by atoms with Gasteiger partial charge in [0, 0.05) is 29.9 Å². The molecule has 0 saturated carbocycles. The van der Waals surface area contributed by atoms with E-state index in [1.807, 2.05) is 46.0 Å². The molecule has 138 valence electrons. The zero-order valence-corrected chi connectivity index (χ0v) is 15.7. The number of hydrogen-bond donors (Lipinski definition) is 3. The van der Waals surface area contributed by atoms with Crippen LogP contribution in [0.3, 0.4) is 0 Å². The van der Waals surface area contributed by atoms with E-state index in [4.69, 9.17) is 5.73 Å². The lowest BCUT2D eigenvalue weighted by Gasteiger charge is -2.19. The van der Waals surface area contributed by atoms with Gasteiger partial charge in [0.1, 0.15) is 16.9 Å². The maximum atomic E-state index is 12.6. The Kier molecular flexibility index (Phi) is 3.66. The van der Waals surface area contributed by atoms with E-state index in [9.17, 15) is 4.79 Å². The lowest BCUT2D eigenvalue weighted by Crippen LogP contribution is -2.40. The van der Waals surface area contributed by atoms with Gasteiger partial charge in [-0.05, 0) is 39.0 Å². The van der Waals surface area contributed by atoms with Crippen LogP contribution < -0.4 is 11.1 Å². The lowest BCUT2D eigenvalue weighted by atomic mass is 10.1. The highest BCUT2D eigenvalue weighted by Crippen LogP contribution is 2.28. The Morgan fingerprint density at radius 1 is 1.30 bits per heavy atom. The van der Waals surface area contributed by atoms with Crippen molar-refractivity contribution in [3.8, 4) is 11.4 Å². The number of rotatable bonds is 2. The molecule has 4 N–H and O–H groups in total. The molecule has 4 aromatic rings. The number of aromatic amines is 1. The minimum absolute atomic E-state index is 0.196. The number of nitrogen functional groups attached to an aromatic ring is 1. The predicted octanol–water partition coefficient (Wildman–Crippen LogP) is 2.62. The van der Waals surface area contributed by atoms with Crippen molar-refractivity contribution < 1.29 is 4.79 Å². The van der Waals surface area contributed by atoms with E-state index < -0.39 is 0 Å². The smallest absolute Gasteiger partial charge is 0.255 e. The summed E-state index contributed by atoms with van der Waals surface area (Å²) in [6.07, 6.45) is 3.29. The summed E-state index contributed by atoms with van der Waals surface area (Å²) in [6, 6.07) is 5.62. The van der Waals surface area contributed by atoms with E-state index in [0.29, 0.717) is 33.8 Å². The molecule has 0 bridgehead atoms. The maximum Gasteiger partial charge on any atom is 0.255 e. The molecule has 0 radical (unpaired) electrons. The second-order valence-electron chi connectivity index (χ2n) is 7.61. The molecule has 0 aliphatic carbocycles. The molecule has 0 unspecified atom stereocenters. The number of fused-ring (bicyclic) bond motifs is 2. The second-order valence-corrected chi connectivity index (χ2v) is 7.61. The van der Waals surface area contributed by atoms with E-state index in [2.05, 4.69) is 25.4 Å². The largest absolute Gasteiger partial charge is 0.399 e. The van der Waals surface area contributed by atoms with Crippen molar-refractivity contribution in [2.45, 2.75) is 26.3 Å². The first-order valence-corrected chi connectivity index (χ1v) is 8.62. The summed E-state index contributed by atoms with van der Waals surface area (Å²) >= 11 is 0. The van der Waals surface area contributed by atoms with Gasteiger partial charge in [0.15, 0.2) is 5.65 Å². The summed E-state index contributed by atoms with van der Waals surface area (Å²) in [5, 5.41) is 8.45. The number of benzene rings is 1. The number of H-pyrrole nitrogens is 1. The Bertz CT molecular complexity index is 1180. The summed E-state index contributed by atoms with van der Waals surface area (Å²) in [4.78, 5) is 24.7. The summed E-state index contributed by atoms with van der Waals surface area (Å²) in [7, 11) is 1.86. The van der Waals surface area contributed by atoms with Crippen molar-refractivity contribution in [2.24, 2.45) is 7.05 Å². The average Bonchev–Trinajstić information content (AvgIpc) is 3.14. The third-order valence-electron chi connectivity index (χ3n) is 4.23. The Hall–Kier alpha value is -3.42. The van der Waals surface area contributed by atoms with Crippen LogP contribution in [0.4, 0.5) is 5.69 Å². The molecule has 0 saturated heterocycles. The SMILES string of the molecule is Cn1nc(-c2cnc3[nH]cc(C(=O)NC(C)(C)C)c3n2)c2ccc(N)cc21. The number of aromatic nitrogens is 5. The second kappa shape index (κ2) is 5.80. The Morgan fingerprint density at radius 2 is 2.07 bits per heavy atom. The molecule has 3 aromatic heterocycles. The van der Waals surface area contributed by atoms with Gasteiger partial charge in [0.05, 0.1) is 17.3 Å². The van der Waals surface area contributed by atoms with Crippen molar-refractivity contribution >= 4 is 33.7 Å². The number of carbonyl (C=O) groups is 1. The molecule has 0 fully saturated rings. The number of hydrogen-bond acceptors (Lipinski definition) is 5. The third kappa shape index (κ3) is 2.99. The molecule has 4 rings (SSSR count). The zero-order chi connectivity index (χ0) is 19.3. The van der Waals surface area contributed by atoms with Gasteiger partial charge in [0.2, 0.25) is 0 Å².